The predicted octanol–water partition coefficient (Wildman–Crippen LogP) is 4.76. The van der Waals surface area contributed by atoms with Crippen LogP contribution in [0.3, 0.4) is 0 Å². The van der Waals surface area contributed by atoms with Crippen LogP contribution in [0.25, 0.3) is 16.9 Å². The number of ether oxygens (including phenoxy) is 2. The number of piperazine rings is 1. The van der Waals surface area contributed by atoms with Crippen LogP contribution in [0.5, 0.6) is 11.5 Å². The van der Waals surface area contributed by atoms with E-state index in [1.807, 2.05) is 4.90 Å². The number of aliphatic hydroxyl groups is 1. The maximum absolute atomic E-state index is 14.8. The fraction of sp³-hybridized carbons (Fsp3) is 0.367. The van der Waals surface area contributed by atoms with E-state index in [9.17, 15) is 27.5 Å². The van der Waals surface area contributed by atoms with E-state index in [0.717, 1.165) is 6.20 Å². The molecule has 1 amide bonds. The van der Waals surface area contributed by atoms with Gasteiger partial charge in [0, 0.05) is 42.4 Å². The third-order valence-electron chi connectivity index (χ3n) is 7.85. The van der Waals surface area contributed by atoms with Gasteiger partial charge in [-0.3, -0.25) is 9.69 Å². The first-order valence-corrected chi connectivity index (χ1v) is 13.6. The van der Waals surface area contributed by atoms with Crippen LogP contribution in [0.15, 0.2) is 48.7 Å². The molecule has 9 nitrogen and oxygen atoms in total. The first-order valence-electron chi connectivity index (χ1n) is 13.6. The number of hydrogen-bond acceptors (Lipinski definition) is 7. The maximum atomic E-state index is 14.8. The van der Waals surface area contributed by atoms with Gasteiger partial charge in [0.05, 0.1) is 38.8 Å². The minimum Gasteiger partial charge on any atom is -0.497 e. The fourth-order valence-corrected chi connectivity index (χ4v) is 5.72. The molecule has 1 saturated heterocycles. The normalized spacial score (nSPS) is 16.9. The molecular formula is C30H31F4N5O4. The summed E-state index contributed by atoms with van der Waals surface area (Å²) in [5.41, 5.74) is -0.737. The summed E-state index contributed by atoms with van der Waals surface area (Å²) in [5, 5.41) is 14.1. The van der Waals surface area contributed by atoms with Crippen molar-refractivity contribution < 1.29 is 36.9 Å². The van der Waals surface area contributed by atoms with Gasteiger partial charge in [0.25, 0.3) is 5.91 Å². The fourth-order valence-electron chi connectivity index (χ4n) is 5.72. The lowest BCUT2D eigenvalue weighted by Gasteiger charge is -2.43. The highest BCUT2D eigenvalue weighted by atomic mass is 19.4. The Balaban J connectivity index is 1.49. The van der Waals surface area contributed by atoms with Crippen LogP contribution in [0.1, 0.15) is 40.1 Å². The monoisotopic (exact) mass is 601 g/mol. The van der Waals surface area contributed by atoms with Crippen LogP contribution in [-0.2, 0) is 6.18 Å². The molecule has 1 fully saturated rings. The third-order valence-corrected chi connectivity index (χ3v) is 7.85. The van der Waals surface area contributed by atoms with Gasteiger partial charge in [0.2, 0.25) is 0 Å². The van der Waals surface area contributed by atoms with E-state index in [-0.39, 0.29) is 54.3 Å². The third kappa shape index (κ3) is 5.50. The Kier molecular flexibility index (Phi) is 8.30. The number of nitrogens with zero attached hydrogens (tertiary/aromatic N) is 5. The highest BCUT2D eigenvalue weighted by Gasteiger charge is 2.40. The number of fused-ring (bicyclic) bond motifs is 1. The van der Waals surface area contributed by atoms with E-state index in [2.05, 4.69) is 10.1 Å². The number of amides is 1. The van der Waals surface area contributed by atoms with Crippen LogP contribution in [-0.4, -0.2) is 81.9 Å². The van der Waals surface area contributed by atoms with E-state index in [4.69, 9.17) is 9.47 Å². The Morgan fingerprint density at radius 2 is 1.84 bits per heavy atom. The summed E-state index contributed by atoms with van der Waals surface area (Å²) in [7, 11) is 2.90. The van der Waals surface area contributed by atoms with Gasteiger partial charge in [-0.2, -0.15) is 18.3 Å². The van der Waals surface area contributed by atoms with Crippen molar-refractivity contribution in [3.8, 4) is 22.8 Å². The molecule has 1 N–H and O–H groups in total. The number of alkyl halides is 3. The molecule has 2 aromatic carbocycles. The van der Waals surface area contributed by atoms with Crippen LogP contribution < -0.4 is 9.47 Å². The molecule has 1 aliphatic rings. The smallest absolute Gasteiger partial charge is 0.433 e. The van der Waals surface area contributed by atoms with Gasteiger partial charge in [-0.25, -0.2) is 13.9 Å². The highest BCUT2D eigenvalue weighted by Crippen LogP contribution is 2.37. The SMILES string of the molecule is COc1ccc(-c2nc3c(C(=O)N4CCN([C@@H](CO)c5c(F)cccc5OC)C[C@H]4C)cnn3c(C(F)(F)F)c2C)cc1. The molecule has 4 aromatic rings. The standard InChI is InChI=1S/C30H31F4N5O4/c1-17-15-37(23(16-40)25-22(31)6-5-7-24(25)43-4)12-13-38(17)29(41)21-14-35-39-27(30(32,33)34)18(2)26(36-28(21)39)19-8-10-20(42-3)11-9-19/h5-11,14,17,23,40H,12-13,15-16H2,1-4H3/t17-,23+/m1/s1. The number of methoxy groups -OCH3 is 2. The van der Waals surface area contributed by atoms with Crippen LogP contribution in [0.2, 0.25) is 0 Å². The number of carbonyl (C=O) groups excluding carboxylic acids is 1. The predicted molar refractivity (Wildman–Crippen MR) is 150 cm³/mol. The van der Waals surface area contributed by atoms with Crippen molar-refractivity contribution in [1.29, 1.82) is 0 Å². The second kappa shape index (κ2) is 11.8. The number of aromatic nitrogens is 3. The number of benzene rings is 2. The Bertz CT molecular complexity index is 1640. The number of rotatable bonds is 7. The van der Waals surface area contributed by atoms with Crippen molar-refractivity contribution in [2.24, 2.45) is 0 Å². The molecule has 2 aromatic heterocycles. The summed E-state index contributed by atoms with van der Waals surface area (Å²) in [5.74, 6) is -0.225. The zero-order chi connectivity index (χ0) is 31.1. The molecule has 43 heavy (non-hydrogen) atoms. The summed E-state index contributed by atoms with van der Waals surface area (Å²) < 4.78 is 69.0. The molecule has 0 unspecified atom stereocenters. The number of carbonyl (C=O) groups is 1. The molecule has 5 rings (SSSR count). The average molecular weight is 602 g/mol. The van der Waals surface area contributed by atoms with Gasteiger partial charge < -0.3 is 19.5 Å². The van der Waals surface area contributed by atoms with Crippen molar-refractivity contribution in [3.63, 3.8) is 0 Å². The topological polar surface area (TPSA) is 92.4 Å². The molecule has 0 radical (unpaired) electrons. The lowest BCUT2D eigenvalue weighted by molar-refractivity contribution is -0.143. The van der Waals surface area contributed by atoms with E-state index in [1.54, 1.807) is 37.3 Å². The molecule has 228 valence electrons. The summed E-state index contributed by atoms with van der Waals surface area (Å²) in [4.78, 5) is 21.7. The Morgan fingerprint density at radius 1 is 1.12 bits per heavy atom. The van der Waals surface area contributed by atoms with Crippen molar-refractivity contribution in [2.75, 3.05) is 40.5 Å². The number of halogens is 4. The van der Waals surface area contributed by atoms with Gasteiger partial charge >= 0.3 is 6.18 Å². The zero-order valence-electron chi connectivity index (χ0n) is 24.0. The van der Waals surface area contributed by atoms with Gasteiger partial charge in [-0.15, -0.1) is 0 Å². The Hall–Kier alpha value is -4.23. The van der Waals surface area contributed by atoms with Gasteiger partial charge in [-0.05, 0) is 50.2 Å². The zero-order valence-corrected chi connectivity index (χ0v) is 24.0. The first-order chi connectivity index (χ1) is 20.5. The molecule has 0 bridgehead atoms. The molecule has 1 aliphatic heterocycles. The lowest BCUT2D eigenvalue weighted by Crippen LogP contribution is -2.55. The largest absolute Gasteiger partial charge is 0.497 e. The van der Waals surface area contributed by atoms with Crippen molar-refractivity contribution >= 4 is 11.6 Å². The van der Waals surface area contributed by atoms with Crippen LogP contribution >= 0.6 is 0 Å². The maximum Gasteiger partial charge on any atom is 0.433 e. The number of hydrogen-bond donors (Lipinski definition) is 1. The second-order valence-corrected chi connectivity index (χ2v) is 10.4. The van der Waals surface area contributed by atoms with Gasteiger partial charge in [-0.1, -0.05) is 6.07 Å². The quantitative estimate of drug-likeness (QED) is 0.306. The van der Waals surface area contributed by atoms with Gasteiger partial charge in [0.15, 0.2) is 11.3 Å². The van der Waals surface area contributed by atoms with Crippen LogP contribution in [0.4, 0.5) is 17.6 Å². The van der Waals surface area contributed by atoms with E-state index < -0.39 is 35.7 Å². The molecule has 2 atom stereocenters. The van der Waals surface area contributed by atoms with E-state index in [1.165, 1.54) is 38.2 Å². The second-order valence-electron chi connectivity index (χ2n) is 10.4. The van der Waals surface area contributed by atoms with Crippen molar-refractivity contribution in [1.82, 2.24) is 24.4 Å². The van der Waals surface area contributed by atoms with Gasteiger partial charge in [0.1, 0.15) is 22.9 Å². The first kappa shape index (κ1) is 30.2. The summed E-state index contributed by atoms with van der Waals surface area (Å²) in [6, 6.07) is 9.70. The highest BCUT2D eigenvalue weighted by molar-refractivity contribution is 6.00. The Morgan fingerprint density at radius 3 is 2.44 bits per heavy atom. The minimum absolute atomic E-state index is 0.0690. The average Bonchev–Trinajstić information content (AvgIpc) is 3.40. The molecule has 0 saturated carbocycles. The lowest BCUT2D eigenvalue weighted by atomic mass is 10.0. The van der Waals surface area contributed by atoms with Crippen molar-refractivity contribution in [3.05, 3.63) is 76.9 Å². The summed E-state index contributed by atoms with van der Waals surface area (Å²) in [6.45, 7) is 3.43. The molecule has 13 heteroatoms. The minimum atomic E-state index is -4.77. The molecular weight excluding hydrogens is 570 g/mol. The van der Waals surface area contributed by atoms with Crippen LogP contribution in [0, 0.1) is 12.7 Å². The summed E-state index contributed by atoms with van der Waals surface area (Å²) >= 11 is 0. The van der Waals surface area contributed by atoms with Crippen molar-refractivity contribution in [2.45, 2.75) is 32.1 Å². The molecule has 0 spiro atoms. The summed E-state index contributed by atoms with van der Waals surface area (Å²) in [6.07, 6.45) is -3.66. The van der Waals surface area contributed by atoms with E-state index in [0.29, 0.717) is 21.6 Å². The molecule has 0 aliphatic carbocycles. The van der Waals surface area contributed by atoms with E-state index >= 15 is 0 Å². The number of aliphatic hydroxyl groups excluding tert-OH is 1. The molecule has 3 heterocycles. The Labute approximate surface area is 245 Å².